The van der Waals surface area contributed by atoms with Crippen molar-refractivity contribution in [1.82, 2.24) is 4.98 Å². The van der Waals surface area contributed by atoms with E-state index in [1.54, 1.807) is 13.0 Å². The van der Waals surface area contributed by atoms with Crippen molar-refractivity contribution in [3.63, 3.8) is 0 Å². The van der Waals surface area contributed by atoms with Crippen LogP contribution >= 0.6 is 0 Å². The Hall–Kier alpha value is -3.78. The van der Waals surface area contributed by atoms with Gasteiger partial charge in [0.2, 0.25) is 5.56 Å². The monoisotopic (exact) mass is 461 g/mol. The minimum atomic E-state index is -0.292. The van der Waals surface area contributed by atoms with Gasteiger partial charge in [0, 0.05) is 48.1 Å². The molecular weight excluding hydrogens is 434 g/mol. The molecule has 0 aliphatic carbocycles. The van der Waals surface area contributed by atoms with Gasteiger partial charge in [0.1, 0.15) is 18.0 Å². The van der Waals surface area contributed by atoms with Gasteiger partial charge in [-0.25, -0.2) is 0 Å². The van der Waals surface area contributed by atoms with Gasteiger partial charge in [-0.3, -0.25) is 9.59 Å². The van der Waals surface area contributed by atoms with Crippen molar-refractivity contribution < 1.29 is 19.0 Å². The number of para-hydroxylation sites is 1. The van der Waals surface area contributed by atoms with Crippen LogP contribution in [-0.4, -0.2) is 50.4 Å². The van der Waals surface area contributed by atoms with Gasteiger partial charge in [-0.2, -0.15) is 0 Å². The quantitative estimate of drug-likeness (QED) is 0.424. The van der Waals surface area contributed by atoms with Crippen LogP contribution in [0.4, 0.5) is 11.4 Å². The van der Waals surface area contributed by atoms with Crippen molar-refractivity contribution in [3.8, 4) is 22.8 Å². The van der Waals surface area contributed by atoms with Gasteiger partial charge in [-0.05, 0) is 42.8 Å². The number of aromatic amines is 1. The number of hydrogen-bond donors (Lipinski definition) is 2. The van der Waals surface area contributed by atoms with Gasteiger partial charge in [-0.1, -0.05) is 12.1 Å². The van der Waals surface area contributed by atoms with E-state index >= 15 is 0 Å². The molecule has 1 saturated heterocycles. The topological polar surface area (TPSA) is 92.9 Å². The van der Waals surface area contributed by atoms with Crippen LogP contribution < -0.4 is 20.5 Å². The molecule has 0 radical (unpaired) electrons. The van der Waals surface area contributed by atoms with E-state index in [9.17, 15) is 9.59 Å². The van der Waals surface area contributed by atoms with Crippen LogP contribution in [0.2, 0.25) is 0 Å². The number of esters is 1. The van der Waals surface area contributed by atoms with Crippen molar-refractivity contribution in [2.75, 3.05) is 49.7 Å². The maximum absolute atomic E-state index is 12.5. The summed E-state index contributed by atoms with van der Waals surface area (Å²) in [7, 11) is 0. The molecule has 3 heterocycles. The molecule has 0 amide bonds. The van der Waals surface area contributed by atoms with E-state index in [4.69, 9.17) is 14.2 Å². The summed E-state index contributed by atoms with van der Waals surface area (Å²) in [6.45, 7) is 5.07. The van der Waals surface area contributed by atoms with Gasteiger partial charge in [0.15, 0.2) is 0 Å². The number of nitrogens with one attached hydrogen (secondary N) is 2. The lowest BCUT2D eigenvalue weighted by molar-refractivity contribution is -0.140. The van der Waals surface area contributed by atoms with Gasteiger partial charge in [-0.15, -0.1) is 0 Å². The summed E-state index contributed by atoms with van der Waals surface area (Å²) in [6.07, 6.45) is 0.681. The standard InChI is InChI=1S/C26H27N3O5/c1-2-33-25(31)16-27-19-6-7-23-18(13-19)12-17-4-3-5-21(26(17)34-23)22-14-20(15-24(30)28-22)29-8-10-32-11-9-29/h3-7,13-15,27H,2,8-12,16H2,1H3,(H,28,30). The van der Waals surface area contributed by atoms with Crippen molar-refractivity contribution in [2.24, 2.45) is 0 Å². The zero-order valence-electron chi connectivity index (χ0n) is 19.1. The number of rotatable bonds is 6. The Kier molecular flexibility index (Phi) is 6.22. The molecule has 1 fully saturated rings. The second-order valence-corrected chi connectivity index (χ2v) is 8.27. The molecule has 3 aromatic rings. The number of H-pyrrole nitrogens is 1. The number of pyridine rings is 1. The Morgan fingerprint density at radius 2 is 1.97 bits per heavy atom. The summed E-state index contributed by atoms with van der Waals surface area (Å²) < 4.78 is 16.8. The molecule has 0 saturated carbocycles. The Labute approximate surface area is 197 Å². The SMILES string of the molecule is CCOC(=O)CNc1ccc2c(c1)Cc1cccc(-c3cc(N4CCOCC4)cc(=O)[nH]3)c1O2. The number of carbonyl (C=O) groups is 1. The van der Waals surface area contributed by atoms with Gasteiger partial charge in [0.25, 0.3) is 0 Å². The van der Waals surface area contributed by atoms with E-state index in [2.05, 4.69) is 15.2 Å². The van der Waals surface area contributed by atoms with Gasteiger partial charge in [0.05, 0.1) is 25.5 Å². The molecule has 34 heavy (non-hydrogen) atoms. The number of benzene rings is 2. The zero-order chi connectivity index (χ0) is 23.5. The van der Waals surface area contributed by atoms with Gasteiger partial charge < -0.3 is 29.4 Å². The number of carbonyl (C=O) groups excluding carboxylic acids is 1. The Morgan fingerprint density at radius 3 is 2.79 bits per heavy atom. The first-order chi connectivity index (χ1) is 16.6. The van der Waals surface area contributed by atoms with Crippen molar-refractivity contribution in [3.05, 3.63) is 70.0 Å². The molecule has 0 atom stereocenters. The summed E-state index contributed by atoms with van der Waals surface area (Å²) in [4.78, 5) is 29.3. The molecule has 0 unspecified atom stereocenters. The highest BCUT2D eigenvalue weighted by atomic mass is 16.5. The Bertz CT molecular complexity index is 1260. The molecule has 0 bridgehead atoms. The Morgan fingerprint density at radius 1 is 1.12 bits per heavy atom. The summed E-state index contributed by atoms with van der Waals surface area (Å²) in [5, 5.41) is 3.10. The largest absolute Gasteiger partial charge is 0.465 e. The first kappa shape index (κ1) is 22.0. The third-order valence-electron chi connectivity index (χ3n) is 5.99. The number of hydrogen-bond acceptors (Lipinski definition) is 7. The third kappa shape index (κ3) is 4.63. The highest BCUT2D eigenvalue weighted by molar-refractivity contribution is 5.76. The number of anilines is 2. The predicted octanol–water partition coefficient (Wildman–Crippen LogP) is 3.55. The van der Waals surface area contributed by atoms with E-state index < -0.39 is 0 Å². The van der Waals surface area contributed by atoms with Crippen LogP contribution in [0.25, 0.3) is 11.3 Å². The number of aromatic nitrogens is 1. The molecule has 2 aliphatic rings. The number of nitrogens with zero attached hydrogens (tertiary/aromatic N) is 1. The van der Waals surface area contributed by atoms with Crippen LogP contribution in [0.3, 0.4) is 0 Å². The van der Waals surface area contributed by atoms with Gasteiger partial charge >= 0.3 is 5.97 Å². The van der Waals surface area contributed by atoms with Crippen LogP contribution in [-0.2, 0) is 20.7 Å². The minimum Gasteiger partial charge on any atom is -0.465 e. The van der Waals surface area contributed by atoms with E-state index in [1.165, 1.54) is 0 Å². The average molecular weight is 462 g/mol. The van der Waals surface area contributed by atoms with E-state index in [0.717, 1.165) is 58.3 Å². The zero-order valence-corrected chi connectivity index (χ0v) is 19.1. The summed E-state index contributed by atoms with van der Waals surface area (Å²) in [5.74, 6) is 1.21. The highest BCUT2D eigenvalue weighted by Gasteiger charge is 2.22. The van der Waals surface area contributed by atoms with Crippen LogP contribution in [0.15, 0.2) is 53.3 Å². The molecule has 1 aromatic heterocycles. The van der Waals surface area contributed by atoms with Crippen molar-refractivity contribution in [1.29, 1.82) is 0 Å². The average Bonchev–Trinajstić information content (AvgIpc) is 2.86. The molecular formula is C26H27N3O5. The molecule has 8 nitrogen and oxygen atoms in total. The number of ether oxygens (including phenoxy) is 3. The molecule has 8 heteroatoms. The second kappa shape index (κ2) is 9.61. The first-order valence-corrected chi connectivity index (χ1v) is 11.5. The summed E-state index contributed by atoms with van der Waals surface area (Å²) in [5.41, 5.74) is 5.19. The minimum absolute atomic E-state index is 0.112. The van der Waals surface area contributed by atoms with Crippen molar-refractivity contribution >= 4 is 17.3 Å². The maximum Gasteiger partial charge on any atom is 0.325 e. The molecule has 176 valence electrons. The fourth-order valence-electron chi connectivity index (χ4n) is 4.36. The van der Waals surface area contributed by atoms with Crippen LogP contribution in [0.1, 0.15) is 18.1 Å². The number of fused-ring (bicyclic) bond motifs is 2. The lowest BCUT2D eigenvalue weighted by atomic mass is 9.96. The molecule has 2 aromatic carbocycles. The summed E-state index contributed by atoms with van der Waals surface area (Å²) >= 11 is 0. The number of morpholine rings is 1. The molecule has 0 spiro atoms. The lowest BCUT2D eigenvalue weighted by Gasteiger charge is -2.29. The fraction of sp³-hybridized carbons (Fsp3) is 0.308. The third-order valence-corrected chi connectivity index (χ3v) is 5.99. The van der Waals surface area contributed by atoms with Crippen LogP contribution in [0, 0.1) is 0 Å². The first-order valence-electron chi connectivity index (χ1n) is 11.5. The lowest BCUT2D eigenvalue weighted by Crippen LogP contribution is -2.36. The molecule has 5 rings (SSSR count). The normalized spacial score (nSPS) is 14.6. The van der Waals surface area contributed by atoms with Crippen LogP contribution in [0.5, 0.6) is 11.5 Å². The van der Waals surface area contributed by atoms with E-state index in [-0.39, 0.29) is 18.1 Å². The molecule has 2 N–H and O–H groups in total. The van der Waals surface area contributed by atoms with E-state index in [1.807, 2.05) is 42.5 Å². The Balaban J connectivity index is 1.42. The van der Waals surface area contributed by atoms with E-state index in [0.29, 0.717) is 26.2 Å². The second-order valence-electron chi connectivity index (χ2n) is 8.27. The highest BCUT2D eigenvalue weighted by Crippen LogP contribution is 2.43. The maximum atomic E-state index is 12.5. The summed E-state index contributed by atoms with van der Waals surface area (Å²) in [6, 6.07) is 15.4. The predicted molar refractivity (Wildman–Crippen MR) is 130 cm³/mol. The van der Waals surface area contributed by atoms with Crippen molar-refractivity contribution in [2.45, 2.75) is 13.3 Å². The smallest absolute Gasteiger partial charge is 0.325 e. The molecule has 2 aliphatic heterocycles. The fourth-order valence-corrected chi connectivity index (χ4v) is 4.36.